The Hall–Kier alpha value is -0.819. The van der Waals surface area contributed by atoms with Crippen molar-refractivity contribution in [3.05, 3.63) is 76.9 Å². The fourth-order valence-electron chi connectivity index (χ4n) is 4.84. The van der Waals surface area contributed by atoms with Crippen LogP contribution in [0.4, 0.5) is 0 Å². The summed E-state index contributed by atoms with van der Waals surface area (Å²) in [6.45, 7) is 18.6. The van der Waals surface area contributed by atoms with Crippen molar-refractivity contribution in [1.29, 1.82) is 0 Å². The third kappa shape index (κ3) is 5.71. The van der Waals surface area contributed by atoms with Gasteiger partial charge in [-0.25, -0.2) is 0 Å². The fraction of sp³-hybridized carbons (Fsp3) is 0.400. The molecule has 0 aliphatic rings. The number of hydrogen-bond acceptors (Lipinski definition) is 0. The Morgan fingerprint density at radius 2 is 0.848 bits per heavy atom. The van der Waals surface area contributed by atoms with Crippen LogP contribution in [0.15, 0.2) is 54.6 Å². The average molecular weight is 602 g/mol. The minimum atomic E-state index is -0.483. The van der Waals surface area contributed by atoms with Crippen LogP contribution in [-0.4, -0.2) is 11.9 Å². The molecule has 0 spiro atoms. The van der Waals surface area contributed by atoms with Crippen LogP contribution in [-0.2, 0) is 14.5 Å². The first-order valence-electron chi connectivity index (χ1n) is 12.1. The number of halogens is 1. The van der Waals surface area contributed by atoms with E-state index in [1.807, 2.05) is 0 Å². The van der Waals surface area contributed by atoms with E-state index in [0.29, 0.717) is 23.7 Å². The summed E-state index contributed by atoms with van der Waals surface area (Å²) in [4.78, 5) is 0. The zero-order valence-corrected chi connectivity index (χ0v) is 26.2. The maximum absolute atomic E-state index is 6.65. The first-order valence-corrected chi connectivity index (χ1v) is 21.8. The molecule has 0 aliphatic heterocycles. The summed E-state index contributed by atoms with van der Waals surface area (Å²) in [5.41, 5.74) is 11.7. The quantitative estimate of drug-likeness (QED) is 0.248. The topological polar surface area (TPSA) is 0 Å². The van der Waals surface area contributed by atoms with Crippen molar-refractivity contribution < 1.29 is 14.5 Å². The van der Waals surface area contributed by atoms with Gasteiger partial charge in [-0.05, 0) is 0 Å². The molecule has 3 rings (SSSR count). The van der Waals surface area contributed by atoms with Gasteiger partial charge in [-0.15, -0.1) is 0 Å². The van der Waals surface area contributed by atoms with Crippen molar-refractivity contribution in [3.8, 4) is 22.3 Å². The zero-order valence-electron chi connectivity index (χ0n) is 21.3. The first kappa shape index (κ1) is 26.8. The van der Waals surface area contributed by atoms with Gasteiger partial charge in [0.05, 0.1) is 0 Å². The summed E-state index contributed by atoms with van der Waals surface area (Å²) in [6, 6.07) is 20.9. The molecular formula is C30H37ClGeMo. The Labute approximate surface area is 217 Å². The Kier molecular flexibility index (Phi) is 9.53. The van der Waals surface area contributed by atoms with E-state index in [2.05, 4.69) is 110 Å². The molecule has 0 saturated carbocycles. The van der Waals surface area contributed by atoms with Gasteiger partial charge in [-0.1, -0.05) is 0 Å². The van der Waals surface area contributed by atoms with E-state index in [4.69, 9.17) is 9.42 Å². The van der Waals surface area contributed by atoms with Gasteiger partial charge in [0.1, 0.15) is 0 Å². The molecule has 3 heteroatoms. The summed E-state index contributed by atoms with van der Waals surface area (Å²) >= 11 is -0.845. The molecular weight excluding hydrogens is 564 g/mol. The Morgan fingerprint density at radius 1 is 0.545 bits per heavy atom. The molecule has 3 aromatic rings. The molecule has 0 atom stereocenters. The molecule has 0 heterocycles. The van der Waals surface area contributed by atoms with E-state index in [0.717, 1.165) is 0 Å². The van der Waals surface area contributed by atoms with Crippen LogP contribution in [0.25, 0.3) is 22.3 Å². The molecule has 0 nitrogen and oxygen atoms in total. The molecule has 0 aliphatic carbocycles. The number of benzene rings is 3. The van der Waals surface area contributed by atoms with E-state index in [1.165, 1.54) is 44.5 Å². The van der Waals surface area contributed by atoms with E-state index in [1.54, 1.807) is 4.40 Å². The monoisotopic (exact) mass is 604 g/mol. The zero-order chi connectivity index (χ0) is 24.3. The van der Waals surface area contributed by atoms with Crippen molar-refractivity contribution in [2.45, 2.75) is 79.1 Å². The predicted octanol–water partition coefficient (Wildman–Crippen LogP) is 9.00. The summed E-state index contributed by atoms with van der Waals surface area (Å²) < 4.78 is 1.57. The van der Waals surface area contributed by atoms with Gasteiger partial charge < -0.3 is 0 Å². The standard InChI is InChI=1S/C30H37Ge.ClH.Mo/c1-18(2)22-12-9-13-23(19(3)4)28(22)26-16-11-17-27(30(26)31)29-24(20(5)6)14-10-15-25(29)21(7)8;;/h9-21H,1-8H3;1H;/q;;+1/p-1. The van der Waals surface area contributed by atoms with E-state index >= 15 is 0 Å². The molecule has 3 aromatic carbocycles. The van der Waals surface area contributed by atoms with Crippen LogP contribution in [0.3, 0.4) is 0 Å². The molecule has 0 saturated heterocycles. The van der Waals surface area contributed by atoms with Gasteiger partial charge in [0, 0.05) is 0 Å². The van der Waals surface area contributed by atoms with E-state index < -0.39 is 14.5 Å². The third-order valence-corrected chi connectivity index (χ3v) is 14.2. The molecule has 0 N–H and O–H groups in total. The Bertz CT molecular complexity index is 1060. The Balaban J connectivity index is 2.49. The molecule has 0 amide bonds. The molecule has 174 valence electrons. The van der Waals surface area contributed by atoms with Gasteiger partial charge in [0.15, 0.2) is 0 Å². The second-order valence-corrected chi connectivity index (χ2v) is 21.3. The normalized spacial score (nSPS) is 11.5. The molecule has 0 radical (unpaired) electrons. The van der Waals surface area contributed by atoms with Gasteiger partial charge in [-0.3, -0.25) is 0 Å². The van der Waals surface area contributed by atoms with Crippen molar-refractivity contribution in [1.82, 2.24) is 0 Å². The first-order chi connectivity index (χ1) is 15.7. The molecule has 0 aromatic heterocycles. The van der Waals surface area contributed by atoms with Crippen molar-refractivity contribution in [3.63, 3.8) is 0 Å². The maximum atomic E-state index is 6.65. The van der Waals surface area contributed by atoms with Crippen molar-refractivity contribution in [2.24, 2.45) is 0 Å². The predicted molar refractivity (Wildman–Crippen MR) is 145 cm³/mol. The number of hydrogen-bond donors (Lipinski definition) is 0. The summed E-state index contributed by atoms with van der Waals surface area (Å²) in [5.74, 6) is 1.93. The van der Waals surface area contributed by atoms with Crippen molar-refractivity contribution >= 4 is 25.7 Å². The molecule has 0 fully saturated rings. The van der Waals surface area contributed by atoms with Crippen LogP contribution in [0, 0.1) is 0 Å². The van der Waals surface area contributed by atoms with Crippen LogP contribution in [0.2, 0.25) is 0 Å². The van der Waals surface area contributed by atoms with Crippen LogP contribution < -0.4 is 4.40 Å². The second kappa shape index (κ2) is 11.7. The van der Waals surface area contributed by atoms with Crippen LogP contribution in [0.5, 0.6) is 0 Å². The summed E-state index contributed by atoms with van der Waals surface area (Å²) in [5, 5.41) is 0. The van der Waals surface area contributed by atoms with Gasteiger partial charge in [0.25, 0.3) is 0 Å². The summed E-state index contributed by atoms with van der Waals surface area (Å²) in [6.07, 6.45) is 0. The van der Waals surface area contributed by atoms with Crippen molar-refractivity contribution in [2.75, 3.05) is 0 Å². The SMILES string of the molecule is CC(C)c1cccc(C(C)C)c1-c1cccc(-c2c(C(C)C)cccc2C(C)C)[c]1[Ge]#[Mo][Cl]. The van der Waals surface area contributed by atoms with Gasteiger partial charge >= 0.3 is 218 Å². The van der Waals surface area contributed by atoms with E-state index in [-0.39, 0.29) is 11.9 Å². The number of rotatable bonds is 6. The molecule has 0 bridgehead atoms. The fourth-order valence-corrected chi connectivity index (χ4v) is 12.5. The van der Waals surface area contributed by atoms with Crippen LogP contribution in [0.1, 0.15) is 101 Å². The molecule has 33 heavy (non-hydrogen) atoms. The molecule has 0 unspecified atom stereocenters. The van der Waals surface area contributed by atoms with Gasteiger partial charge in [-0.2, -0.15) is 0 Å². The second-order valence-electron chi connectivity index (χ2n) is 10.1. The minimum absolute atomic E-state index is 0.363. The Morgan fingerprint density at radius 3 is 1.12 bits per heavy atom. The van der Waals surface area contributed by atoms with Crippen LogP contribution >= 0.6 is 9.42 Å². The van der Waals surface area contributed by atoms with Gasteiger partial charge in [0.2, 0.25) is 0 Å². The van der Waals surface area contributed by atoms with E-state index in [9.17, 15) is 0 Å². The summed E-state index contributed by atoms with van der Waals surface area (Å²) in [7, 11) is 6.65. The average Bonchev–Trinajstić information content (AvgIpc) is 2.78. The third-order valence-electron chi connectivity index (χ3n) is 6.49.